The Hall–Kier alpha value is -1.25. The van der Waals surface area contributed by atoms with Gasteiger partial charge in [-0.2, -0.15) is 0 Å². The molecule has 0 aliphatic heterocycles. The molecule has 0 bridgehead atoms. The molecule has 15 heavy (non-hydrogen) atoms. The number of halogens is 3. The third kappa shape index (κ3) is 3.42. The second kappa shape index (κ2) is 5.59. The predicted molar refractivity (Wildman–Crippen MR) is 54.9 cm³/mol. The van der Waals surface area contributed by atoms with Gasteiger partial charge in [0.25, 0.3) is 0 Å². The van der Waals surface area contributed by atoms with Crippen LogP contribution in [0.1, 0.15) is 31.7 Å². The van der Waals surface area contributed by atoms with Crippen LogP contribution in [-0.2, 0) is 0 Å². The van der Waals surface area contributed by atoms with Gasteiger partial charge in [0.05, 0.1) is 0 Å². The van der Waals surface area contributed by atoms with Gasteiger partial charge in [-0.15, -0.1) is 0 Å². The Labute approximate surface area is 87.4 Å². The Morgan fingerprint density at radius 3 is 2.40 bits per heavy atom. The summed E-state index contributed by atoms with van der Waals surface area (Å²) < 4.78 is 38.4. The normalized spacial score (nSPS) is 11.2. The number of hydrogen-bond acceptors (Lipinski definition) is 0. The van der Waals surface area contributed by atoms with Crippen LogP contribution in [0.5, 0.6) is 0 Å². The van der Waals surface area contributed by atoms with Crippen LogP contribution in [0.3, 0.4) is 0 Å². The average molecular weight is 214 g/mol. The lowest BCUT2D eigenvalue weighted by atomic mass is 10.1. The molecule has 0 nitrogen and oxygen atoms in total. The maximum atomic E-state index is 13.1. The zero-order chi connectivity index (χ0) is 11.3. The highest BCUT2D eigenvalue weighted by Gasteiger charge is 2.06. The second-order valence-electron chi connectivity index (χ2n) is 3.33. The molecule has 0 aliphatic carbocycles. The molecular formula is C12H13F3. The highest BCUT2D eigenvalue weighted by atomic mass is 19.2. The molecule has 1 aromatic rings. The molecule has 0 N–H and O–H groups in total. The molecule has 3 heteroatoms. The van der Waals surface area contributed by atoms with Gasteiger partial charge in [-0.25, -0.2) is 13.2 Å². The maximum Gasteiger partial charge on any atom is 0.161 e. The van der Waals surface area contributed by atoms with E-state index in [-0.39, 0.29) is 5.56 Å². The summed E-state index contributed by atoms with van der Waals surface area (Å²) in [5.74, 6) is -2.91. The van der Waals surface area contributed by atoms with Gasteiger partial charge in [0.2, 0.25) is 0 Å². The molecule has 0 fully saturated rings. The van der Waals surface area contributed by atoms with Crippen molar-refractivity contribution in [3.63, 3.8) is 0 Å². The fourth-order valence-electron chi connectivity index (χ4n) is 1.20. The number of unbranched alkanes of at least 4 members (excludes halogenated alkanes) is 2. The van der Waals surface area contributed by atoms with E-state index in [1.165, 1.54) is 6.08 Å². The molecule has 0 unspecified atom stereocenters. The van der Waals surface area contributed by atoms with Gasteiger partial charge in [-0.05, 0) is 12.5 Å². The van der Waals surface area contributed by atoms with E-state index in [2.05, 4.69) is 0 Å². The van der Waals surface area contributed by atoms with Crippen LogP contribution in [0.25, 0.3) is 6.08 Å². The lowest BCUT2D eigenvalue weighted by Gasteiger charge is -1.98. The van der Waals surface area contributed by atoms with Crippen LogP contribution < -0.4 is 0 Å². The van der Waals surface area contributed by atoms with Gasteiger partial charge in [-0.3, -0.25) is 0 Å². The minimum atomic E-state index is -1.15. The van der Waals surface area contributed by atoms with Gasteiger partial charge in [0.1, 0.15) is 5.82 Å². The number of hydrogen-bond donors (Lipinski definition) is 0. The van der Waals surface area contributed by atoms with E-state index in [0.29, 0.717) is 6.07 Å². The molecule has 0 aliphatic rings. The maximum absolute atomic E-state index is 13.1. The molecule has 1 rings (SSSR count). The third-order valence-corrected chi connectivity index (χ3v) is 2.06. The van der Waals surface area contributed by atoms with E-state index in [1.807, 2.05) is 6.92 Å². The summed E-state index contributed by atoms with van der Waals surface area (Å²) in [7, 11) is 0. The van der Waals surface area contributed by atoms with Gasteiger partial charge in [0, 0.05) is 11.6 Å². The summed E-state index contributed by atoms with van der Waals surface area (Å²) in [5.41, 5.74) is 0.0880. The molecule has 0 amide bonds. The van der Waals surface area contributed by atoms with Crippen molar-refractivity contribution in [3.05, 3.63) is 41.2 Å². The van der Waals surface area contributed by atoms with E-state index in [4.69, 9.17) is 0 Å². The first-order chi connectivity index (χ1) is 7.15. The molecule has 0 saturated carbocycles. The Morgan fingerprint density at radius 1 is 1.07 bits per heavy atom. The van der Waals surface area contributed by atoms with Crippen LogP contribution in [0, 0.1) is 17.5 Å². The fraction of sp³-hybridized carbons (Fsp3) is 0.333. The van der Waals surface area contributed by atoms with E-state index >= 15 is 0 Å². The summed E-state index contributed by atoms with van der Waals surface area (Å²) >= 11 is 0. The zero-order valence-corrected chi connectivity index (χ0v) is 8.56. The zero-order valence-electron chi connectivity index (χ0n) is 8.56. The Kier molecular flexibility index (Phi) is 4.40. The number of benzene rings is 1. The lowest BCUT2D eigenvalue weighted by molar-refractivity contribution is 0.494. The van der Waals surface area contributed by atoms with Gasteiger partial charge >= 0.3 is 0 Å². The predicted octanol–water partition coefficient (Wildman–Crippen LogP) is 4.31. The first-order valence-electron chi connectivity index (χ1n) is 4.96. The Balaban J connectivity index is 2.77. The minimum Gasteiger partial charge on any atom is -0.206 e. The van der Waals surface area contributed by atoms with Crippen molar-refractivity contribution in [2.75, 3.05) is 0 Å². The van der Waals surface area contributed by atoms with E-state index in [1.54, 1.807) is 6.08 Å². The highest BCUT2D eigenvalue weighted by molar-refractivity contribution is 5.50. The van der Waals surface area contributed by atoms with Crippen LogP contribution >= 0.6 is 0 Å². The summed E-state index contributed by atoms with van der Waals surface area (Å²) in [6, 6.07) is 1.43. The lowest BCUT2D eigenvalue weighted by Crippen LogP contribution is -1.89. The van der Waals surface area contributed by atoms with Crippen molar-refractivity contribution in [3.8, 4) is 0 Å². The van der Waals surface area contributed by atoms with Crippen LogP contribution in [0.4, 0.5) is 13.2 Å². The smallest absolute Gasteiger partial charge is 0.161 e. The largest absolute Gasteiger partial charge is 0.206 e. The quantitative estimate of drug-likeness (QED) is 0.517. The molecule has 0 saturated heterocycles. The van der Waals surface area contributed by atoms with E-state index in [9.17, 15) is 13.2 Å². The number of allylic oxidation sites excluding steroid dienone is 1. The van der Waals surface area contributed by atoms with Crippen molar-refractivity contribution in [2.45, 2.75) is 26.2 Å². The van der Waals surface area contributed by atoms with Crippen molar-refractivity contribution < 1.29 is 13.2 Å². The third-order valence-electron chi connectivity index (χ3n) is 2.06. The van der Waals surface area contributed by atoms with Gasteiger partial charge < -0.3 is 0 Å². The van der Waals surface area contributed by atoms with Crippen molar-refractivity contribution in [1.82, 2.24) is 0 Å². The summed E-state index contributed by atoms with van der Waals surface area (Å²) in [6.45, 7) is 2.05. The Morgan fingerprint density at radius 2 is 1.73 bits per heavy atom. The van der Waals surface area contributed by atoms with Crippen LogP contribution in [-0.4, -0.2) is 0 Å². The summed E-state index contributed by atoms with van der Waals surface area (Å²) in [4.78, 5) is 0. The molecular weight excluding hydrogens is 201 g/mol. The highest BCUT2D eigenvalue weighted by Crippen LogP contribution is 2.15. The minimum absolute atomic E-state index is 0.0880. The first-order valence-corrected chi connectivity index (χ1v) is 4.96. The molecule has 1 aromatic carbocycles. The summed E-state index contributed by atoms with van der Waals surface area (Å²) in [5, 5.41) is 0. The van der Waals surface area contributed by atoms with Crippen molar-refractivity contribution in [1.29, 1.82) is 0 Å². The first kappa shape index (κ1) is 11.8. The topological polar surface area (TPSA) is 0 Å². The van der Waals surface area contributed by atoms with E-state index in [0.717, 1.165) is 25.3 Å². The monoisotopic (exact) mass is 214 g/mol. The van der Waals surface area contributed by atoms with Crippen molar-refractivity contribution in [2.24, 2.45) is 0 Å². The van der Waals surface area contributed by atoms with Gasteiger partial charge in [-0.1, -0.05) is 31.9 Å². The van der Waals surface area contributed by atoms with Crippen molar-refractivity contribution >= 4 is 6.08 Å². The molecule has 0 atom stereocenters. The number of rotatable bonds is 4. The second-order valence-corrected chi connectivity index (χ2v) is 3.33. The molecule has 0 aromatic heterocycles. The molecule has 0 heterocycles. The molecule has 0 radical (unpaired) electrons. The van der Waals surface area contributed by atoms with Gasteiger partial charge in [0.15, 0.2) is 11.6 Å². The fourth-order valence-corrected chi connectivity index (χ4v) is 1.20. The van der Waals surface area contributed by atoms with Crippen LogP contribution in [0.15, 0.2) is 18.2 Å². The SMILES string of the molecule is CCCCC=Cc1cc(F)c(F)cc1F. The van der Waals surface area contributed by atoms with E-state index < -0.39 is 17.5 Å². The molecule has 0 spiro atoms. The Bertz CT molecular complexity index is 356. The molecule has 82 valence electrons. The standard InChI is InChI=1S/C12H13F3/c1-2-3-4-5-6-9-7-11(14)12(15)8-10(9)13/h5-8H,2-4H2,1H3. The van der Waals surface area contributed by atoms with Crippen LogP contribution in [0.2, 0.25) is 0 Å². The average Bonchev–Trinajstić information content (AvgIpc) is 2.20. The summed E-state index contributed by atoms with van der Waals surface area (Å²) in [6.07, 6.45) is 6.11.